The molecule has 0 bridgehead atoms. The van der Waals surface area contributed by atoms with Gasteiger partial charge in [0.25, 0.3) is 5.91 Å². The molecule has 2 N–H and O–H groups in total. The molecule has 2 aromatic carbocycles. The lowest BCUT2D eigenvalue weighted by Gasteiger charge is -2.36. The van der Waals surface area contributed by atoms with Gasteiger partial charge in [0.2, 0.25) is 5.91 Å². The number of carbonyl (C=O) groups excluding carboxylic acids is 3. The molecule has 1 aliphatic heterocycles. The van der Waals surface area contributed by atoms with Gasteiger partial charge in [-0.05, 0) is 74.2 Å². The normalized spacial score (nSPS) is 22.2. The van der Waals surface area contributed by atoms with Crippen molar-refractivity contribution in [1.82, 2.24) is 10.2 Å². The molecule has 2 atom stereocenters. The molecule has 8 nitrogen and oxygen atoms in total. The SMILES string of the molecule is CCOc1ccc(Oc2ccc(NC(=O)CN3C(=O)NC4(CCCCC4C)C3=O)cc2)cc1. The van der Waals surface area contributed by atoms with E-state index in [1.54, 1.807) is 24.3 Å². The fraction of sp³-hybridized carbons (Fsp3) is 0.400. The number of nitrogens with zero attached hydrogens (tertiary/aromatic N) is 1. The lowest BCUT2D eigenvalue weighted by atomic mass is 9.73. The van der Waals surface area contributed by atoms with E-state index >= 15 is 0 Å². The molecule has 1 heterocycles. The lowest BCUT2D eigenvalue weighted by molar-refractivity contribution is -0.136. The van der Waals surface area contributed by atoms with E-state index in [0.717, 1.165) is 29.9 Å². The van der Waals surface area contributed by atoms with Gasteiger partial charge in [0.05, 0.1) is 6.61 Å². The quantitative estimate of drug-likeness (QED) is 0.611. The van der Waals surface area contributed by atoms with Gasteiger partial charge in [-0.2, -0.15) is 0 Å². The van der Waals surface area contributed by atoms with Crippen LogP contribution in [0.2, 0.25) is 0 Å². The highest BCUT2D eigenvalue weighted by Crippen LogP contribution is 2.38. The Morgan fingerprint density at radius 2 is 1.70 bits per heavy atom. The smallest absolute Gasteiger partial charge is 0.325 e. The van der Waals surface area contributed by atoms with Gasteiger partial charge in [0.15, 0.2) is 0 Å². The van der Waals surface area contributed by atoms with Crippen molar-refractivity contribution < 1.29 is 23.9 Å². The Balaban J connectivity index is 1.33. The van der Waals surface area contributed by atoms with Gasteiger partial charge >= 0.3 is 6.03 Å². The first-order valence-electron chi connectivity index (χ1n) is 11.4. The Bertz CT molecular complexity index is 1020. The maximum Gasteiger partial charge on any atom is 0.325 e. The van der Waals surface area contributed by atoms with Crippen LogP contribution in [-0.2, 0) is 9.59 Å². The summed E-state index contributed by atoms with van der Waals surface area (Å²) in [5, 5.41) is 5.60. The van der Waals surface area contributed by atoms with Gasteiger partial charge in [-0.1, -0.05) is 19.8 Å². The van der Waals surface area contributed by atoms with Crippen LogP contribution >= 0.6 is 0 Å². The van der Waals surface area contributed by atoms with Crippen LogP contribution in [0.5, 0.6) is 17.2 Å². The highest BCUT2D eigenvalue weighted by atomic mass is 16.5. The molecule has 2 aromatic rings. The van der Waals surface area contributed by atoms with Crippen molar-refractivity contribution in [3.05, 3.63) is 48.5 Å². The second-order valence-electron chi connectivity index (χ2n) is 8.52. The van der Waals surface area contributed by atoms with E-state index in [0.29, 0.717) is 30.2 Å². The Hall–Kier alpha value is -3.55. The molecule has 1 aliphatic carbocycles. The van der Waals surface area contributed by atoms with E-state index in [9.17, 15) is 14.4 Å². The molecule has 2 fully saturated rings. The third kappa shape index (κ3) is 4.79. The number of benzene rings is 2. The van der Waals surface area contributed by atoms with Gasteiger partial charge in [-0.25, -0.2) is 4.79 Å². The van der Waals surface area contributed by atoms with E-state index < -0.39 is 17.5 Å². The highest BCUT2D eigenvalue weighted by molar-refractivity contribution is 6.10. The molecule has 8 heteroatoms. The molecule has 1 saturated heterocycles. The summed E-state index contributed by atoms with van der Waals surface area (Å²) in [4.78, 5) is 39.0. The van der Waals surface area contributed by atoms with E-state index in [2.05, 4.69) is 10.6 Å². The van der Waals surface area contributed by atoms with Crippen molar-refractivity contribution in [2.24, 2.45) is 5.92 Å². The number of carbonyl (C=O) groups is 3. The summed E-state index contributed by atoms with van der Waals surface area (Å²) in [6.45, 7) is 4.20. The summed E-state index contributed by atoms with van der Waals surface area (Å²) in [5.74, 6) is 1.38. The zero-order chi connectivity index (χ0) is 23.4. The molecule has 2 unspecified atom stereocenters. The third-order valence-corrected chi connectivity index (χ3v) is 6.31. The average molecular weight is 452 g/mol. The fourth-order valence-electron chi connectivity index (χ4n) is 4.50. The summed E-state index contributed by atoms with van der Waals surface area (Å²) in [6, 6.07) is 13.7. The standard InChI is InChI=1S/C25H29N3O5/c1-3-32-19-11-13-21(14-12-19)33-20-9-7-18(8-10-20)26-22(29)16-28-23(30)25(27-24(28)31)15-5-4-6-17(25)2/h7-14,17H,3-6,15-16H2,1-2H3,(H,26,29)(H,27,31). The van der Waals surface area contributed by atoms with Crippen molar-refractivity contribution in [2.45, 2.75) is 45.1 Å². The minimum Gasteiger partial charge on any atom is -0.494 e. The predicted octanol–water partition coefficient (Wildman–Crippen LogP) is 4.32. The molecule has 0 radical (unpaired) electrons. The van der Waals surface area contributed by atoms with Gasteiger partial charge in [-0.3, -0.25) is 14.5 Å². The Morgan fingerprint density at radius 1 is 1.06 bits per heavy atom. The third-order valence-electron chi connectivity index (χ3n) is 6.31. The van der Waals surface area contributed by atoms with Crippen LogP contribution in [-0.4, -0.2) is 41.4 Å². The first-order valence-corrected chi connectivity index (χ1v) is 11.4. The molecule has 4 rings (SSSR count). The van der Waals surface area contributed by atoms with Crippen molar-refractivity contribution in [1.29, 1.82) is 0 Å². The number of imide groups is 1. The van der Waals surface area contributed by atoms with Gasteiger partial charge in [-0.15, -0.1) is 0 Å². The van der Waals surface area contributed by atoms with E-state index in [1.165, 1.54) is 0 Å². The number of amides is 4. The number of anilines is 1. The largest absolute Gasteiger partial charge is 0.494 e. The van der Waals surface area contributed by atoms with Crippen LogP contribution < -0.4 is 20.1 Å². The monoisotopic (exact) mass is 451 g/mol. The molecular weight excluding hydrogens is 422 g/mol. The van der Waals surface area contributed by atoms with E-state index in [4.69, 9.17) is 9.47 Å². The number of nitrogens with one attached hydrogen (secondary N) is 2. The molecule has 174 valence electrons. The van der Waals surface area contributed by atoms with Crippen LogP contribution in [0.4, 0.5) is 10.5 Å². The molecule has 33 heavy (non-hydrogen) atoms. The first-order chi connectivity index (χ1) is 15.9. The number of ether oxygens (including phenoxy) is 2. The van der Waals surface area contributed by atoms with Gasteiger partial charge in [0, 0.05) is 5.69 Å². The highest BCUT2D eigenvalue weighted by Gasteiger charge is 2.55. The maximum absolute atomic E-state index is 13.0. The summed E-state index contributed by atoms with van der Waals surface area (Å²) in [7, 11) is 0. The average Bonchev–Trinajstić information content (AvgIpc) is 3.03. The minimum atomic E-state index is -0.866. The predicted molar refractivity (Wildman–Crippen MR) is 123 cm³/mol. The molecule has 2 aliphatic rings. The minimum absolute atomic E-state index is 0.0543. The number of rotatable bonds is 7. The van der Waals surface area contributed by atoms with Crippen molar-refractivity contribution in [3.63, 3.8) is 0 Å². The second-order valence-corrected chi connectivity index (χ2v) is 8.52. The van der Waals surface area contributed by atoms with Crippen LogP contribution in [0, 0.1) is 5.92 Å². The molecule has 1 spiro atoms. The Kier molecular flexibility index (Phi) is 6.53. The van der Waals surface area contributed by atoms with E-state index in [1.807, 2.05) is 38.1 Å². The summed E-state index contributed by atoms with van der Waals surface area (Å²) >= 11 is 0. The summed E-state index contributed by atoms with van der Waals surface area (Å²) < 4.78 is 11.2. The number of hydrogen-bond donors (Lipinski definition) is 2. The van der Waals surface area contributed by atoms with Crippen LogP contribution in [0.25, 0.3) is 0 Å². The zero-order valence-corrected chi connectivity index (χ0v) is 18.9. The van der Waals surface area contributed by atoms with Gasteiger partial charge < -0.3 is 20.1 Å². The van der Waals surface area contributed by atoms with Crippen LogP contribution in [0.15, 0.2) is 48.5 Å². The molecule has 1 saturated carbocycles. The fourth-order valence-corrected chi connectivity index (χ4v) is 4.50. The van der Waals surface area contributed by atoms with Crippen molar-refractivity contribution in [2.75, 3.05) is 18.5 Å². The lowest BCUT2D eigenvalue weighted by Crippen LogP contribution is -2.54. The van der Waals surface area contributed by atoms with Crippen LogP contribution in [0.3, 0.4) is 0 Å². The Labute approximate surface area is 193 Å². The topological polar surface area (TPSA) is 97.0 Å². The molecule has 4 amide bonds. The zero-order valence-electron chi connectivity index (χ0n) is 18.9. The first kappa shape index (κ1) is 22.6. The summed E-state index contributed by atoms with van der Waals surface area (Å²) in [5.41, 5.74) is -0.318. The Morgan fingerprint density at radius 3 is 2.33 bits per heavy atom. The second kappa shape index (κ2) is 9.52. The van der Waals surface area contributed by atoms with Crippen molar-refractivity contribution in [3.8, 4) is 17.2 Å². The van der Waals surface area contributed by atoms with Gasteiger partial charge in [0.1, 0.15) is 29.3 Å². The number of urea groups is 1. The van der Waals surface area contributed by atoms with Crippen molar-refractivity contribution >= 4 is 23.5 Å². The molecular formula is C25H29N3O5. The molecule has 0 aromatic heterocycles. The maximum atomic E-state index is 13.0. The number of hydrogen-bond acceptors (Lipinski definition) is 5. The van der Waals surface area contributed by atoms with Crippen LogP contribution in [0.1, 0.15) is 39.5 Å². The van der Waals surface area contributed by atoms with E-state index in [-0.39, 0.29) is 18.4 Å². The summed E-state index contributed by atoms with van der Waals surface area (Å²) in [6.07, 6.45) is 3.44.